The maximum Gasteiger partial charge on any atom is 0.0483 e. The second kappa shape index (κ2) is 5.45. The van der Waals surface area contributed by atoms with Gasteiger partial charge in [0.25, 0.3) is 0 Å². The highest BCUT2D eigenvalue weighted by atomic mass is 14.7. The van der Waals surface area contributed by atoms with Crippen molar-refractivity contribution in [2.24, 2.45) is 4.99 Å². The molecule has 0 radical (unpaired) electrons. The van der Waals surface area contributed by atoms with E-state index in [-0.39, 0.29) is 0 Å². The maximum atomic E-state index is 3.80. The Morgan fingerprint density at radius 3 is 2.86 bits per heavy atom. The highest BCUT2D eigenvalue weighted by Gasteiger charge is 1.73. The van der Waals surface area contributed by atoms with Crippen molar-refractivity contribution in [3.8, 4) is 0 Å². The van der Waals surface area contributed by atoms with Crippen LogP contribution in [0.4, 0.5) is 0 Å². The highest BCUT2D eigenvalue weighted by molar-refractivity contribution is 5.46. The van der Waals surface area contributed by atoms with Crippen LogP contribution in [-0.2, 0) is 0 Å². The first-order chi connectivity index (χ1) is 3.41. The van der Waals surface area contributed by atoms with Gasteiger partial charge in [0, 0.05) is 6.54 Å². The smallest absolute Gasteiger partial charge is 0.0483 e. The van der Waals surface area contributed by atoms with Gasteiger partial charge in [0.1, 0.15) is 0 Å². The monoisotopic (exact) mass is 97.1 g/mol. The fraction of sp³-hybridized carbons (Fsp3) is 0.667. The van der Waals surface area contributed by atoms with E-state index in [0.717, 1.165) is 13.0 Å². The summed E-state index contributed by atoms with van der Waals surface area (Å²) in [4.78, 5) is 3.80. The molecule has 0 bridgehead atoms. The van der Waals surface area contributed by atoms with Crippen LogP contribution in [0, 0.1) is 0 Å². The zero-order chi connectivity index (χ0) is 5.54. The van der Waals surface area contributed by atoms with Crippen LogP contribution in [0.5, 0.6) is 0 Å². The SMILES string of the molecule is C=C=NCCCC. The topological polar surface area (TPSA) is 12.4 Å². The number of nitrogens with zero attached hydrogens (tertiary/aromatic N) is 1. The molecule has 0 spiro atoms. The average molecular weight is 97.2 g/mol. The molecule has 40 valence electrons. The Kier molecular flexibility index (Phi) is 5.02. The third-order valence-electron chi connectivity index (χ3n) is 0.735. The zero-order valence-electron chi connectivity index (χ0n) is 4.78. The summed E-state index contributed by atoms with van der Waals surface area (Å²) >= 11 is 0. The molecule has 0 atom stereocenters. The number of unbranched alkanes of at least 4 members (excludes halogenated alkanes) is 1. The summed E-state index contributed by atoms with van der Waals surface area (Å²) in [6.07, 6.45) is 2.35. The van der Waals surface area contributed by atoms with E-state index in [9.17, 15) is 0 Å². The second-order valence-electron chi connectivity index (χ2n) is 1.39. The first kappa shape index (κ1) is 6.45. The van der Waals surface area contributed by atoms with Crippen molar-refractivity contribution < 1.29 is 0 Å². The van der Waals surface area contributed by atoms with Crippen molar-refractivity contribution in [1.82, 2.24) is 0 Å². The quantitative estimate of drug-likeness (QED) is 0.375. The Balaban J connectivity index is 2.83. The summed E-state index contributed by atoms with van der Waals surface area (Å²) in [5, 5.41) is 0. The van der Waals surface area contributed by atoms with Crippen LogP contribution in [0.3, 0.4) is 0 Å². The predicted octanol–water partition coefficient (Wildman–Crippen LogP) is 1.64. The lowest BCUT2D eigenvalue weighted by Gasteiger charge is -1.82. The van der Waals surface area contributed by atoms with Crippen LogP contribution in [0.1, 0.15) is 19.8 Å². The van der Waals surface area contributed by atoms with Crippen LogP contribution in [0.2, 0.25) is 0 Å². The second-order valence-corrected chi connectivity index (χ2v) is 1.39. The molecule has 0 saturated heterocycles. The molecule has 0 N–H and O–H groups in total. The summed E-state index contributed by atoms with van der Waals surface area (Å²) in [7, 11) is 0. The Labute approximate surface area is 44.8 Å². The van der Waals surface area contributed by atoms with Gasteiger partial charge in [-0.1, -0.05) is 13.3 Å². The largest absolute Gasteiger partial charge is 0.244 e. The molecular formula is C6H11N. The Hall–Kier alpha value is -0.550. The highest BCUT2D eigenvalue weighted by Crippen LogP contribution is 1.83. The van der Waals surface area contributed by atoms with Gasteiger partial charge in [0.2, 0.25) is 0 Å². The molecule has 0 aromatic rings. The summed E-state index contributed by atoms with van der Waals surface area (Å²) in [5.41, 5.74) is 0. The minimum atomic E-state index is 0.889. The van der Waals surface area contributed by atoms with Gasteiger partial charge >= 0.3 is 0 Å². The van der Waals surface area contributed by atoms with E-state index < -0.39 is 0 Å². The van der Waals surface area contributed by atoms with Crippen molar-refractivity contribution in [2.75, 3.05) is 6.54 Å². The van der Waals surface area contributed by atoms with Gasteiger partial charge in [-0.05, 0) is 18.9 Å². The van der Waals surface area contributed by atoms with E-state index in [2.05, 4.69) is 24.4 Å². The molecule has 0 saturated carbocycles. The Morgan fingerprint density at radius 2 is 2.43 bits per heavy atom. The fourth-order valence-electron chi connectivity index (χ4n) is 0.316. The van der Waals surface area contributed by atoms with E-state index in [1.165, 1.54) is 6.42 Å². The van der Waals surface area contributed by atoms with Gasteiger partial charge in [-0.15, -0.1) is 0 Å². The molecule has 0 aromatic heterocycles. The summed E-state index contributed by atoms with van der Waals surface area (Å²) < 4.78 is 0. The summed E-state index contributed by atoms with van der Waals surface area (Å²) in [6, 6.07) is 0. The Morgan fingerprint density at radius 1 is 1.71 bits per heavy atom. The van der Waals surface area contributed by atoms with Gasteiger partial charge in [-0.25, -0.2) is 4.99 Å². The molecule has 7 heavy (non-hydrogen) atoms. The van der Waals surface area contributed by atoms with Crippen molar-refractivity contribution in [3.05, 3.63) is 6.58 Å². The third-order valence-corrected chi connectivity index (χ3v) is 0.735. The van der Waals surface area contributed by atoms with Crippen molar-refractivity contribution >= 4 is 5.87 Å². The number of hydrogen-bond donors (Lipinski definition) is 0. The number of rotatable bonds is 3. The predicted molar refractivity (Wildman–Crippen MR) is 32.8 cm³/mol. The van der Waals surface area contributed by atoms with Gasteiger partial charge in [-0.2, -0.15) is 0 Å². The molecular weight excluding hydrogens is 86.1 g/mol. The fourth-order valence-corrected chi connectivity index (χ4v) is 0.316. The van der Waals surface area contributed by atoms with E-state index in [4.69, 9.17) is 0 Å². The standard InChI is InChI=1S/C6H11N/c1-3-5-6-7-4-2/h2-3,5-6H2,1H3. The molecule has 0 unspecified atom stereocenters. The van der Waals surface area contributed by atoms with Crippen LogP contribution in [-0.4, -0.2) is 12.4 Å². The molecule has 0 aliphatic rings. The Bertz CT molecular complexity index is 70.2. The average Bonchev–Trinajstić information content (AvgIpc) is 1.69. The van der Waals surface area contributed by atoms with Crippen LogP contribution < -0.4 is 0 Å². The lowest BCUT2D eigenvalue weighted by molar-refractivity contribution is 0.811. The van der Waals surface area contributed by atoms with Gasteiger partial charge < -0.3 is 0 Å². The van der Waals surface area contributed by atoms with E-state index in [1.807, 2.05) is 0 Å². The first-order valence-electron chi connectivity index (χ1n) is 2.60. The van der Waals surface area contributed by atoms with E-state index in [0.29, 0.717) is 0 Å². The minimum absolute atomic E-state index is 0.889. The molecule has 0 aliphatic carbocycles. The van der Waals surface area contributed by atoms with Crippen molar-refractivity contribution in [2.45, 2.75) is 19.8 Å². The number of hydrogen-bond acceptors (Lipinski definition) is 1. The summed E-state index contributed by atoms with van der Waals surface area (Å²) in [5.74, 6) is 2.48. The molecule has 0 heterocycles. The van der Waals surface area contributed by atoms with E-state index >= 15 is 0 Å². The van der Waals surface area contributed by atoms with Crippen LogP contribution in [0.15, 0.2) is 11.6 Å². The zero-order valence-corrected chi connectivity index (χ0v) is 4.78. The third kappa shape index (κ3) is 5.45. The molecule has 0 fully saturated rings. The van der Waals surface area contributed by atoms with Crippen LogP contribution in [0.25, 0.3) is 0 Å². The molecule has 0 aliphatic heterocycles. The first-order valence-corrected chi connectivity index (χ1v) is 2.60. The minimum Gasteiger partial charge on any atom is -0.244 e. The molecule has 1 nitrogen and oxygen atoms in total. The molecule has 1 heteroatoms. The van der Waals surface area contributed by atoms with Crippen molar-refractivity contribution in [1.29, 1.82) is 0 Å². The molecule has 0 rings (SSSR count). The lowest BCUT2D eigenvalue weighted by Crippen LogP contribution is -1.74. The van der Waals surface area contributed by atoms with Gasteiger partial charge in [0.15, 0.2) is 0 Å². The molecule has 0 amide bonds. The normalized spacial score (nSPS) is 7.57. The summed E-state index contributed by atoms with van der Waals surface area (Å²) in [6.45, 7) is 6.37. The van der Waals surface area contributed by atoms with E-state index in [1.54, 1.807) is 0 Å². The number of aliphatic imine (C=N–C) groups is 1. The molecule has 0 aromatic carbocycles. The van der Waals surface area contributed by atoms with Gasteiger partial charge in [0.05, 0.1) is 0 Å². The van der Waals surface area contributed by atoms with Gasteiger partial charge in [-0.3, -0.25) is 0 Å². The van der Waals surface area contributed by atoms with Crippen molar-refractivity contribution in [3.63, 3.8) is 0 Å². The maximum absolute atomic E-state index is 3.80. The van der Waals surface area contributed by atoms with Crippen LogP contribution >= 0.6 is 0 Å². The lowest BCUT2D eigenvalue weighted by atomic mass is 10.3.